The largest absolute Gasteiger partial charge is 0.347 e. The monoisotopic (exact) mass is 249 g/mol. The molecule has 17 heavy (non-hydrogen) atoms. The first kappa shape index (κ1) is 11.9. The molecule has 0 spiro atoms. The molecule has 90 valence electrons. The number of imidazole rings is 1. The maximum Gasteiger partial charge on any atom is 0.261 e. The first-order valence-corrected chi connectivity index (χ1v) is 6.41. The van der Waals surface area contributed by atoms with Crippen LogP contribution >= 0.6 is 11.3 Å². The molecule has 2 heterocycles. The maximum atomic E-state index is 11.9. The number of thiophene rings is 1. The van der Waals surface area contributed by atoms with Crippen molar-refractivity contribution in [2.24, 2.45) is 0 Å². The summed E-state index contributed by atoms with van der Waals surface area (Å²) in [6, 6.07) is 3.76. The van der Waals surface area contributed by atoms with Gasteiger partial charge in [-0.25, -0.2) is 4.98 Å². The molecule has 1 unspecified atom stereocenters. The van der Waals surface area contributed by atoms with Gasteiger partial charge in [-0.2, -0.15) is 0 Å². The zero-order valence-electron chi connectivity index (χ0n) is 9.86. The predicted octanol–water partition coefficient (Wildman–Crippen LogP) is 2.52. The van der Waals surface area contributed by atoms with Gasteiger partial charge < -0.3 is 10.3 Å². The fraction of sp³-hybridized carbons (Fsp3) is 0.333. The molecule has 0 aliphatic carbocycles. The Kier molecular flexibility index (Phi) is 3.58. The number of H-pyrrole nitrogens is 1. The Labute approximate surface area is 104 Å². The number of amides is 1. The number of carbonyl (C=O) groups excluding carboxylic acids is 1. The Morgan fingerprint density at radius 3 is 3.00 bits per heavy atom. The number of nitrogens with one attached hydrogen (secondary N) is 2. The number of rotatable bonds is 4. The van der Waals surface area contributed by atoms with Crippen LogP contribution in [0, 0.1) is 0 Å². The van der Waals surface area contributed by atoms with Crippen LogP contribution in [-0.4, -0.2) is 15.9 Å². The third kappa shape index (κ3) is 2.74. The van der Waals surface area contributed by atoms with Crippen molar-refractivity contribution in [3.05, 3.63) is 40.1 Å². The highest BCUT2D eigenvalue weighted by Crippen LogP contribution is 2.17. The van der Waals surface area contributed by atoms with Gasteiger partial charge in [-0.05, 0) is 25.5 Å². The Morgan fingerprint density at radius 2 is 2.41 bits per heavy atom. The van der Waals surface area contributed by atoms with Crippen molar-refractivity contribution in [1.29, 1.82) is 0 Å². The molecule has 0 saturated carbocycles. The lowest BCUT2D eigenvalue weighted by Crippen LogP contribution is -2.26. The molecule has 0 saturated heterocycles. The van der Waals surface area contributed by atoms with Crippen LogP contribution in [-0.2, 0) is 6.42 Å². The van der Waals surface area contributed by atoms with Crippen LogP contribution in [0.15, 0.2) is 24.5 Å². The van der Waals surface area contributed by atoms with E-state index in [1.165, 1.54) is 16.2 Å². The standard InChI is InChI=1S/C12H15N3OS/c1-3-9-4-5-10(17-9)12(16)15-8(2)11-13-6-7-14-11/h4-8H,3H2,1-2H3,(H,13,14)(H,15,16). The van der Waals surface area contributed by atoms with E-state index < -0.39 is 0 Å². The maximum absolute atomic E-state index is 11.9. The van der Waals surface area contributed by atoms with E-state index in [-0.39, 0.29) is 11.9 Å². The van der Waals surface area contributed by atoms with E-state index in [4.69, 9.17) is 0 Å². The highest BCUT2D eigenvalue weighted by Gasteiger charge is 2.14. The second-order valence-corrected chi connectivity index (χ2v) is 4.96. The molecule has 2 aromatic heterocycles. The summed E-state index contributed by atoms with van der Waals surface area (Å²) in [4.78, 5) is 21.0. The SMILES string of the molecule is CCc1ccc(C(=O)NC(C)c2ncc[nH]2)s1. The average Bonchev–Trinajstić information content (AvgIpc) is 3.00. The second-order valence-electron chi connectivity index (χ2n) is 3.79. The van der Waals surface area contributed by atoms with Crippen LogP contribution < -0.4 is 5.32 Å². The van der Waals surface area contributed by atoms with E-state index in [1.807, 2.05) is 19.1 Å². The summed E-state index contributed by atoms with van der Waals surface area (Å²) in [5, 5.41) is 2.91. The van der Waals surface area contributed by atoms with Crippen molar-refractivity contribution >= 4 is 17.2 Å². The Morgan fingerprint density at radius 1 is 1.59 bits per heavy atom. The molecular formula is C12H15N3OS. The van der Waals surface area contributed by atoms with Crippen LogP contribution in [0.4, 0.5) is 0 Å². The smallest absolute Gasteiger partial charge is 0.261 e. The van der Waals surface area contributed by atoms with Gasteiger partial charge in [0.25, 0.3) is 5.91 Å². The molecule has 0 fully saturated rings. The summed E-state index contributed by atoms with van der Waals surface area (Å²) in [5.41, 5.74) is 0. The number of hydrogen-bond donors (Lipinski definition) is 2. The van der Waals surface area contributed by atoms with Gasteiger partial charge in [0.15, 0.2) is 0 Å². The molecule has 0 aliphatic rings. The highest BCUT2D eigenvalue weighted by atomic mass is 32.1. The molecule has 0 aromatic carbocycles. The normalized spacial score (nSPS) is 12.4. The van der Waals surface area contributed by atoms with Crippen LogP contribution in [0.25, 0.3) is 0 Å². The molecule has 2 N–H and O–H groups in total. The van der Waals surface area contributed by atoms with E-state index in [2.05, 4.69) is 22.2 Å². The lowest BCUT2D eigenvalue weighted by atomic mass is 10.3. The first-order chi connectivity index (χ1) is 8.20. The minimum absolute atomic E-state index is 0.0430. The summed E-state index contributed by atoms with van der Waals surface area (Å²) >= 11 is 1.54. The molecule has 4 nitrogen and oxygen atoms in total. The Hall–Kier alpha value is -1.62. The predicted molar refractivity (Wildman–Crippen MR) is 68.2 cm³/mol. The van der Waals surface area contributed by atoms with Crippen LogP contribution in [0.1, 0.15) is 40.3 Å². The van der Waals surface area contributed by atoms with E-state index in [0.29, 0.717) is 0 Å². The van der Waals surface area contributed by atoms with Crippen molar-refractivity contribution in [3.8, 4) is 0 Å². The van der Waals surface area contributed by atoms with Crippen molar-refractivity contribution in [3.63, 3.8) is 0 Å². The van der Waals surface area contributed by atoms with Crippen LogP contribution in [0.5, 0.6) is 0 Å². The molecule has 0 aliphatic heterocycles. The number of carbonyl (C=O) groups is 1. The van der Waals surface area contributed by atoms with Crippen LogP contribution in [0.2, 0.25) is 0 Å². The lowest BCUT2D eigenvalue weighted by molar-refractivity contribution is 0.0942. The summed E-state index contributed by atoms with van der Waals surface area (Å²) in [7, 11) is 0. The van der Waals surface area contributed by atoms with Gasteiger partial charge in [-0.15, -0.1) is 11.3 Å². The van der Waals surface area contributed by atoms with Gasteiger partial charge in [0.2, 0.25) is 0 Å². The average molecular weight is 249 g/mol. The quantitative estimate of drug-likeness (QED) is 0.874. The minimum atomic E-state index is -0.107. The summed E-state index contributed by atoms with van der Waals surface area (Å²) in [6.07, 6.45) is 4.39. The number of hydrogen-bond acceptors (Lipinski definition) is 3. The van der Waals surface area contributed by atoms with Crippen molar-refractivity contribution in [2.75, 3.05) is 0 Å². The van der Waals surface area contributed by atoms with Gasteiger partial charge in [-0.1, -0.05) is 6.92 Å². The van der Waals surface area contributed by atoms with Crippen molar-refractivity contribution in [1.82, 2.24) is 15.3 Å². The molecule has 2 rings (SSSR count). The van der Waals surface area contributed by atoms with E-state index >= 15 is 0 Å². The molecule has 2 aromatic rings. The first-order valence-electron chi connectivity index (χ1n) is 5.59. The van der Waals surface area contributed by atoms with Gasteiger partial charge in [0, 0.05) is 17.3 Å². The molecule has 1 amide bonds. The zero-order valence-corrected chi connectivity index (χ0v) is 10.7. The van der Waals surface area contributed by atoms with E-state index in [0.717, 1.165) is 17.1 Å². The zero-order chi connectivity index (χ0) is 12.3. The topological polar surface area (TPSA) is 57.8 Å². The van der Waals surface area contributed by atoms with E-state index in [9.17, 15) is 4.79 Å². The van der Waals surface area contributed by atoms with E-state index in [1.54, 1.807) is 12.4 Å². The fourth-order valence-electron chi connectivity index (χ4n) is 1.54. The molecular weight excluding hydrogens is 234 g/mol. The van der Waals surface area contributed by atoms with Gasteiger partial charge >= 0.3 is 0 Å². The highest BCUT2D eigenvalue weighted by molar-refractivity contribution is 7.14. The second kappa shape index (κ2) is 5.14. The summed E-state index contributed by atoms with van der Waals surface area (Å²) in [5.74, 6) is 0.726. The minimum Gasteiger partial charge on any atom is -0.347 e. The van der Waals surface area contributed by atoms with Crippen molar-refractivity contribution in [2.45, 2.75) is 26.3 Å². The van der Waals surface area contributed by atoms with Gasteiger partial charge in [0.05, 0.1) is 10.9 Å². The number of aromatic amines is 1. The number of nitrogens with zero attached hydrogens (tertiary/aromatic N) is 1. The Bertz CT molecular complexity index is 490. The number of aryl methyl sites for hydroxylation is 1. The molecule has 5 heteroatoms. The molecule has 0 bridgehead atoms. The number of aromatic nitrogens is 2. The third-order valence-corrected chi connectivity index (χ3v) is 3.74. The Balaban J connectivity index is 2.01. The fourth-order valence-corrected chi connectivity index (χ4v) is 2.39. The third-order valence-electron chi connectivity index (χ3n) is 2.51. The van der Waals surface area contributed by atoms with Gasteiger partial charge in [0.1, 0.15) is 5.82 Å². The molecule has 1 atom stereocenters. The van der Waals surface area contributed by atoms with Crippen LogP contribution in [0.3, 0.4) is 0 Å². The summed E-state index contributed by atoms with van der Waals surface area (Å²) < 4.78 is 0. The van der Waals surface area contributed by atoms with Crippen molar-refractivity contribution < 1.29 is 4.79 Å². The molecule has 0 radical (unpaired) electrons. The summed E-state index contributed by atoms with van der Waals surface area (Å²) in [6.45, 7) is 3.99. The lowest BCUT2D eigenvalue weighted by Gasteiger charge is -2.10. The van der Waals surface area contributed by atoms with Gasteiger partial charge in [-0.3, -0.25) is 4.79 Å².